The molecule has 1 aliphatic heterocycles. The van der Waals surface area contributed by atoms with Gasteiger partial charge in [-0.05, 0) is 43.2 Å². The van der Waals surface area contributed by atoms with Crippen LogP contribution >= 0.6 is 11.6 Å². The van der Waals surface area contributed by atoms with Crippen molar-refractivity contribution in [3.63, 3.8) is 0 Å². The van der Waals surface area contributed by atoms with Crippen molar-refractivity contribution in [3.05, 3.63) is 58.6 Å². The second-order valence-corrected chi connectivity index (χ2v) is 7.26. The Morgan fingerprint density at radius 2 is 1.89 bits per heavy atom. The second kappa shape index (κ2) is 6.91. The molecular formula is C21H17ClF3NO2. The number of benzene rings is 2. The van der Waals surface area contributed by atoms with E-state index in [-0.39, 0.29) is 16.5 Å². The third-order valence-corrected chi connectivity index (χ3v) is 5.02. The largest absolute Gasteiger partial charge is 0.497 e. The molecule has 0 radical (unpaired) electrons. The molecule has 0 amide bonds. The maximum absolute atomic E-state index is 14.4. The zero-order valence-electron chi connectivity index (χ0n) is 14.9. The zero-order chi connectivity index (χ0) is 19.9. The predicted octanol–water partition coefficient (Wildman–Crippen LogP) is 5.66. The Morgan fingerprint density at radius 1 is 1.18 bits per heavy atom. The molecule has 7 heteroatoms. The maximum Gasteiger partial charge on any atom is 0.433 e. The van der Waals surface area contributed by atoms with Crippen LogP contribution in [0.3, 0.4) is 0 Å². The minimum atomic E-state index is -4.75. The van der Waals surface area contributed by atoms with Crippen molar-refractivity contribution < 1.29 is 22.6 Å². The smallest absolute Gasteiger partial charge is 0.433 e. The molecule has 0 bridgehead atoms. The lowest BCUT2D eigenvalue weighted by Crippen LogP contribution is -2.48. The Kier molecular flexibility index (Phi) is 4.68. The Bertz CT molecular complexity index is 945. The van der Waals surface area contributed by atoms with Crippen molar-refractivity contribution in [1.82, 2.24) is 0 Å². The Balaban J connectivity index is 1.84. The van der Waals surface area contributed by atoms with Crippen LogP contribution in [0.25, 0.3) is 0 Å². The Labute approximate surface area is 165 Å². The van der Waals surface area contributed by atoms with Crippen LogP contribution in [0.1, 0.15) is 30.2 Å². The summed E-state index contributed by atoms with van der Waals surface area (Å²) in [7, 11) is 1.52. The minimum Gasteiger partial charge on any atom is -0.497 e. The van der Waals surface area contributed by atoms with E-state index in [0.29, 0.717) is 17.0 Å². The fourth-order valence-corrected chi connectivity index (χ4v) is 3.27. The van der Waals surface area contributed by atoms with Crippen molar-refractivity contribution in [1.29, 1.82) is 0 Å². The average Bonchev–Trinajstić information content (AvgIpc) is 3.50. The van der Waals surface area contributed by atoms with Gasteiger partial charge in [0.05, 0.1) is 7.11 Å². The van der Waals surface area contributed by atoms with E-state index in [2.05, 4.69) is 17.2 Å². The van der Waals surface area contributed by atoms with Gasteiger partial charge in [-0.1, -0.05) is 35.6 Å². The summed E-state index contributed by atoms with van der Waals surface area (Å²) in [6, 6.07) is 11.0. The standard InChI is InChI=1S/C21H17ClF3NO2/c1-27-16-7-4-14(5-8-16)19-26-18-9-6-15(22)12-17(18)20(28-19,21(23,24)25)11-10-13-2-3-13/h4-9,12-13,19,26H,2-3H2,1H3/t19-,20?/m0/s1. The predicted molar refractivity (Wildman–Crippen MR) is 100 cm³/mol. The SMILES string of the molecule is COc1ccc([C@H]2Nc3ccc(Cl)cc3C(C#CC3CC3)(C(F)(F)F)O2)cc1. The molecule has 0 spiro atoms. The summed E-state index contributed by atoms with van der Waals surface area (Å²) in [6.07, 6.45) is -4.16. The van der Waals surface area contributed by atoms with Crippen molar-refractivity contribution >= 4 is 17.3 Å². The molecule has 2 aromatic carbocycles. The van der Waals surface area contributed by atoms with Crippen LogP contribution in [0.5, 0.6) is 5.75 Å². The van der Waals surface area contributed by atoms with Crippen LogP contribution < -0.4 is 10.1 Å². The van der Waals surface area contributed by atoms with Gasteiger partial charge < -0.3 is 14.8 Å². The number of hydrogen-bond donors (Lipinski definition) is 1. The van der Waals surface area contributed by atoms with Crippen LogP contribution in [0.15, 0.2) is 42.5 Å². The van der Waals surface area contributed by atoms with Gasteiger partial charge in [-0.25, -0.2) is 0 Å². The lowest BCUT2D eigenvalue weighted by molar-refractivity contribution is -0.273. The molecule has 2 atom stereocenters. The average molecular weight is 408 g/mol. The Morgan fingerprint density at radius 3 is 2.50 bits per heavy atom. The van der Waals surface area contributed by atoms with Gasteiger partial charge in [0, 0.05) is 27.8 Å². The van der Waals surface area contributed by atoms with E-state index in [4.69, 9.17) is 21.1 Å². The highest BCUT2D eigenvalue weighted by atomic mass is 35.5. The zero-order valence-corrected chi connectivity index (χ0v) is 15.7. The molecule has 1 unspecified atom stereocenters. The number of methoxy groups -OCH3 is 1. The van der Waals surface area contributed by atoms with E-state index in [9.17, 15) is 13.2 Å². The number of rotatable bonds is 2. The number of anilines is 1. The van der Waals surface area contributed by atoms with Gasteiger partial charge in [0.15, 0.2) is 6.23 Å². The summed E-state index contributed by atoms with van der Waals surface area (Å²) in [5, 5.41) is 3.21. The maximum atomic E-state index is 14.4. The molecule has 2 aliphatic rings. The summed E-state index contributed by atoms with van der Waals surface area (Å²) in [5.41, 5.74) is -2.06. The topological polar surface area (TPSA) is 30.5 Å². The highest BCUT2D eigenvalue weighted by molar-refractivity contribution is 6.30. The van der Waals surface area contributed by atoms with Gasteiger partial charge in [-0.2, -0.15) is 13.2 Å². The van der Waals surface area contributed by atoms with Crippen molar-refractivity contribution in [2.45, 2.75) is 30.8 Å². The molecule has 1 N–H and O–H groups in total. The van der Waals surface area contributed by atoms with Crippen molar-refractivity contribution in [2.24, 2.45) is 5.92 Å². The summed E-state index contributed by atoms with van der Waals surface area (Å²) >= 11 is 6.00. The van der Waals surface area contributed by atoms with Gasteiger partial charge in [-0.3, -0.25) is 0 Å². The van der Waals surface area contributed by atoms with Gasteiger partial charge in [0.25, 0.3) is 5.60 Å². The Hall–Kier alpha value is -2.36. The summed E-state index contributed by atoms with van der Waals surface area (Å²) < 4.78 is 53.9. The van der Waals surface area contributed by atoms with E-state index >= 15 is 0 Å². The quantitative estimate of drug-likeness (QED) is 0.651. The second-order valence-electron chi connectivity index (χ2n) is 6.83. The first kappa shape index (κ1) is 19.0. The van der Waals surface area contributed by atoms with Crippen molar-refractivity contribution in [2.75, 3.05) is 12.4 Å². The molecule has 3 nitrogen and oxygen atoms in total. The van der Waals surface area contributed by atoms with Crippen LogP contribution in [0.4, 0.5) is 18.9 Å². The van der Waals surface area contributed by atoms with Crippen LogP contribution in [-0.2, 0) is 10.3 Å². The van der Waals surface area contributed by atoms with E-state index in [1.165, 1.54) is 19.2 Å². The van der Waals surface area contributed by atoms with E-state index in [1.54, 1.807) is 30.3 Å². The number of ether oxygens (including phenoxy) is 2. The van der Waals surface area contributed by atoms with Crippen LogP contribution in [0.2, 0.25) is 5.02 Å². The summed E-state index contributed by atoms with van der Waals surface area (Å²) in [4.78, 5) is 0. The number of alkyl halides is 3. The molecule has 2 aromatic rings. The number of fused-ring (bicyclic) bond motifs is 1. The molecule has 0 aromatic heterocycles. The summed E-state index contributed by atoms with van der Waals surface area (Å²) in [5.74, 6) is 5.75. The molecule has 28 heavy (non-hydrogen) atoms. The normalized spacial score (nSPS) is 23.8. The number of halogens is 4. The van der Waals surface area contributed by atoms with Gasteiger partial charge >= 0.3 is 6.18 Å². The van der Waals surface area contributed by atoms with Gasteiger partial charge in [0.2, 0.25) is 0 Å². The number of nitrogens with one attached hydrogen (secondary N) is 1. The number of hydrogen-bond acceptors (Lipinski definition) is 3. The molecule has 146 valence electrons. The molecule has 1 heterocycles. The van der Waals surface area contributed by atoms with Crippen LogP contribution in [-0.4, -0.2) is 13.3 Å². The van der Waals surface area contributed by atoms with E-state index in [1.807, 2.05) is 0 Å². The molecule has 4 rings (SSSR count). The molecule has 0 saturated heterocycles. The fraction of sp³-hybridized carbons (Fsp3) is 0.333. The van der Waals surface area contributed by atoms with Crippen molar-refractivity contribution in [3.8, 4) is 17.6 Å². The highest BCUT2D eigenvalue weighted by Gasteiger charge is 2.61. The molecule has 1 saturated carbocycles. The highest BCUT2D eigenvalue weighted by Crippen LogP contribution is 2.51. The molecule has 1 fully saturated rings. The minimum absolute atomic E-state index is 0.0141. The third-order valence-electron chi connectivity index (χ3n) is 4.79. The lowest BCUT2D eigenvalue weighted by Gasteiger charge is -2.41. The fourth-order valence-electron chi connectivity index (χ4n) is 3.09. The van der Waals surface area contributed by atoms with E-state index in [0.717, 1.165) is 12.8 Å². The lowest BCUT2D eigenvalue weighted by atomic mass is 9.89. The third kappa shape index (κ3) is 3.41. The summed E-state index contributed by atoms with van der Waals surface area (Å²) in [6.45, 7) is 0. The molecule has 1 aliphatic carbocycles. The molecular weight excluding hydrogens is 391 g/mol. The monoisotopic (exact) mass is 407 g/mol. The van der Waals surface area contributed by atoms with Gasteiger partial charge in [-0.15, -0.1) is 0 Å². The first-order chi connectivity index (χ1) is 13.3. The first-order valence-electron chi connectivity index (χ1n) is 8.80. The van der Waals surface area contributed by atoms with Gasteiger partial charge in [0.1, 0.15) is 5.75 Å². The van der Waals surface area contributed by atoms with Crippen LogP contribution in [0, 0.1) is 17.8 Å². The van der Waals surface area contributed by atoms with E-state index < -0.39 is 18.0 Å². The first-order valence-corrected chi connectivity index (χ1v) is 9.18.